The molecule has 12 heteroatoms. The molecule has 0 fully saturated rings. The number of furan rings is 1. The summed E-state index contributed by atoms with van der Waals surface area (Å²) in [5, 5.41) is 7.99. The number of nitrogens with one attached hydrogen (secondary N) is 2. The number of carbonyl (C=O) groups is 3. The molecule has 0 unspecified atom stereocenters. The normalized spacial score (nSPS) is 11.1. The van der Waals surface area contributed by atoms with Gasteiger partial charge in [-0.1, -0.05) is 49.5 Å². The third-order valence-electron chi connectivity index (χ3n) is 5.47. The largest absolute Gasteiger partial charge is 0.457 e. The van der Waals surface area contributed by atoms with E-state index in [1.165, 1.54) is 29.9 Å². The number of nitrogens with zero attached hydrogens (tertiary/aromatic N) is 1. The molecule has 0 bridgehead atoms. The zero-order chi connectivity index (χ0) is 28.2. The highest BCUT2D eigenvalue weighted by atomic mass is 79.9. The summed E-state index contributed by atoms with van der Waals surface area (Å²) in [6.07, 6.45) is 2.73. The Hall–Kier alpha value is -3.77. The number of hydrazone groups is 1. The van der Waals surface area contributed by atoms with E-state index >= 15 is 0 Å². The van der Waals surface area contributed by atoms with Crippen LogP contribution < -0.4 is 15.5 Å². The van der Waals surface area contributed by atoms with Crippen molar-refractivity contribution in [2.75, 3.05) is 5.32 Å². The summed E-state index contributed by atoms with van der Waals surface area (Å²) in [5.74, 6) is -1.20. The van der Waals surface area contributed by atoms with Crippen LogP contribution in [0.1, 0.15) is 36.1 Å². The summed E-state index contributed by atoms with van der Waals surface area (Å²) in [7, 11) is 0. The van der Waals surface area contributed by atoms with Gasteiger partial charge in [-0.3, -0.25) is 9.59 Å². The maximum atomic E-state index is 12.8. The molecule has 0 radical (unpaired) electrons. The Morgan fingerprint density at radius 1 is 0.950 bits per heavy atom. The van der Waals surface area contributed by atoms with Crippen molar-refractivity contribution >= 4 is 94.6 Å². The van der Waals surface area contributed by atoms with Gasteiger partial charge in [0, 0.05) is 35.8 Å². The topological polar surface area (TPSA) is 110 Å². The van der Waals surface area contributed by atoms with Gasteiger partial charge in [-0.25, -0.2) is 10.2 Å². The van der Waals surface area contributed by atoms with Crippen LogP contribution >= 0.6 is 54.8 Å². The van der Waals surface area contributed by atoms with Gasteiger partial charge in [0.25, 0.3) is 11.8 Å². The lowest BCUT2D eigenvalue weighted by Gasteiger charge is -2.07. The monoisotopic (exact) mass is 699 g/mol. The van der Waals surface area contributed by atoms with Crippen LogP contribution in [-0.2, 0) is 0 Å². The molecule has 200 valence electrons. The molecule has 5 rings (SSSR count). The number of halogens is 3. The highest BCUT2D eigenvalue weighted by Crippen LogP contribution is 2.37. The van der Waals surface area contributed by atoms with Crippen molar-refractivity contribution in [2.45, 2.75) is 0 Å². The molecule has 40 heavy (non-hydrogen) atoms. The van der Waals surface area contributed by atoms with Gasteiger partial charge in [0.05, 0.1) is 17.5 Å². The van der Waals surface area contributed by atoms with Gasteiger partial charge in [0.2, 0.25) is 5.76 Å². The minimum Gasteiger partial charge on any atom is -0.457 e. The van der Waals surface area contributed by atoms with E-state index in [2.05, 4.69) is 47.7 Å². The maximum absolute atomic E-state index is 12.8. The second kappa shape index (κ2) is 12.2. The van der Waals surface area contributed by atoms with Crippen LogP contribution in [0.3, 0.4) is 0 Å². The summed E-state index contributed by atoms with van der Waals surface area (Å²) in [6.45, 7) is 0. The van der Waals surface area contributed by atoms with Crippen LogP contribution in [0.2, 0.25) is 5.02 Å². The van der Waals surface area contributed by atoms with E-state index in [1.54, 1.807) is 48.5 Å². The third-order valence-corrected chi connectivity index (χ3v) is 8.11. The number of esters is 1. The van der Waals surface area contributed by atoms with E-state index in [-0.39, 0.29) is 17.4 Å². The molecule has 0 saturated carbocycles. The van der Waals surface area contributed by atoms with Crippen molar-refractivity contribution < 1.29 is 23.5 Å². The number of thiophene rings is 1. The highest BCUT2D eigenvalue weighted by molar-refractivity contribution is 9.10. The minimum absolute atomic E-state index is 0.0545. The van der Waals surface area contributed by atoms with Gasteiger partial charge in [-0.2, -0.15) is 5.10 Å². The van der Waals surface area contributed by atoms with Crippen LogP contribution in [-0.4, -0.2) is 24.0 Å². The summed E-state index contributed by atoms with van der Waals surface area (Å²) in [4.78, 5) is 38.1. The van der Waals surface area contributed by atoms with E-state index in [0.717, 1.165) is 19.0 Å². The van der Waals surface area contributed by atoms with E-state index in [1.807, 2.05) is 18.2 Å². The number of carbonyl (C=O) groups excluding carboxylic acids is 3. The second-order valence-corrected chi connectivity index (χ2v) is 11.4. The SMILES string of the molecule is O=C(N/N=C\c1cc(Br)ccc1OC(=O)c1ccco1)c1ccc(NC(=O)c2sc3cc(Br)ccc3c2Cl)cc1. The quantitative estimate of drug-likeness (QED) is 0.0776. The van der Waals surface area contributed by atoms with Crippen molar-refractivity contribution in [2.24, 2.45) is 5.10 Å². The summed E-state index contributed by atoms with van der Waals surface area (Å²) in [6, 6.07) is 20.0. The smallest absolute Gasteiger partial charge is 0.379 e. The lowest BCUT2D eigenvalue weighted by atomic mass is 10.2. The Kier molecular flexibility index (Phi) is 8.46. The van der Waals surface area contributed by atoms with E-state index in [4.69, 9.17) is 20.8 Å². The molecular weight excluding hydrogens is 686 g/mol. The standard InChI is InChI=1S/C28H16Br2ClN3O5S/c29-17-6-10-21(39-28(37)22-2-1-11-38-22)16(12-17)14-32-34-26(35)15-3-7-19(8-4-15)33-27(36)25-24(31)20-9-5-18(30)13-23(20)40-25/h1-14H,(H,33,36)(H,34,35)/b32-14-. The van der Waals surface area contributed by atoms with Crippen LogP contribution in [0.5, 0.6) is 5.75 Å². The highest BCUT2D eigenvalue weighted by Gasteiger charge is 2.18. The average Bonchev–Trinajstić information content (AvgIpc) is 3.59. The third kappa shape index (κ3) is 6.34. The molecule has 2 N–H and O–H groups in total. The average molecular weight is 702 g/mol. The van der Waals surface area contributed by atoms with E-state index in [9.17, 15) is 14.4 Å². The summed E-state index contributed by atoms with van der Waals surface area (Å²) < 4.78 is 13.0. The Morgan fingerprint density at radius 3 is 2.45 bits per heavy atom. The first kappa shape index (κ1) is 27.8. The van der Waals surface area contributed by atoms with Crippen molar-refractivity contribution in [3.8, 4) is 5.75 Å². The van der Waals surface area contributed by atoms with Crippen LogP contribution in [0.15, 0.2) is 97.5 Å². The molecule has 0 atom stereocenters. The number of anilines is 1. The molecule has 2 heterocycles. The molecular formula is C28H16Br2ClN3O5S. The van der Waals surface area contributed by atoms with Crippen LogP contribution in [0.25, 0.3) is 10.1 Å². The molecule has 0 spiro atoms. The van der Waals surface area contributed by atoms with Gasteiger partial charge >= 0.3 is 5.97 Å². The molecule has 0 aliphatic rings. The van der Waals surface area contributed by atoms with Gasteiger partial charge in [0.1, 0.15) is 10.6 Å². The Labute approximate surface area is 253 Å². The number of amides is 2. The summed E-state index contributed by atoms with van der Waals surface area (Å²) in [5.41, 5.74) is 3.70. The van der Waals surface area contributed by atoms with Crippen molar-refractivity contribution in [3.63, 3.8) is 0 Å². The lowest BCUT2D eigenvalue weighted by molar-refractivity contribution is 0.0700. The van der Waals surface area contributed by atoms with Crippen LogP contribution in [0.4, 0.5) is 5.69 Å². The predicted molar refractivity (Wildman–Crippen MR) is 162 cm³/mol. The number of ether oxygens (including phenoxy) is 1. The van der Waals surface area contributed by atoms with Crippen LogP contribution in [0, 0.1) is 0 Å². The Balaban J connectivity index is 1.22. The first-order valence-electron chi connectivity index (χ1n) is 11.5. The predicted octanol–water partition coefficient (Wildman–Crippen LogP) is 7.91. The van der Waals surface area contributed by atoms with Crippen molar-refractivity contribution in [1.82, 2.24) is 5.43 Å². The zero-order valence-corrected chi connectivity index (χ0v) is 24.9. The van der Waals surface area contributed by atoms with E-state index < -0.39 is 11.9 Å². The van der Waals surface area contributed by atoms with E-state index in [0.29, 0.717) is 26.7 Å². The van der Waals surface area contributed by atoms with Crippen molar-refractivity contribution in [3.05, 3.63) is 115 Å². The van der Waals surface area contributed by atoms with Gasteiger partial charge in [-0.15, -0.1) is 11.3 Å². The first-order chi connectivity index (χ1) is 19.3. The minimum atomic E-state index is -0.666. The maximum Gasteiger partial charge on any atom is 0.379 e. The molecule has 0 aliphatic heterocycles. The lowest BCUT2D eigenvalue weighted by Crippen LogP contribution is -2.18. The Morgan fingerprint density at radius 2 is 1.70 bits per heavy atom. The molecule has 8 nitrogen and oxygen atoms in total. The molecule has 0 aliphatic carbocycles. The van der Waals surface area contributed by atoms with Gasteiger partial charge < -0.3 is 14.5 Å². The second-order valence-electron chi connectivity index (χ2n) is 8.17. The molecule has 3 aromatic carbocycles. The molecule has 2 aromatic heterocycles. The molecule has 5 aromatic rings. The van der Waals surface area contributed by atoms with Gasteiger partial charge in [-0.05, 0) is 66.7 Å². The fraction of sp³-hybridized carbons (Fsp3) is 0. The van der Waals surface area contributed by atoms with Gasteiger partial charge in [0.15, 0.2) is 0 Å². The molecule has 0 saturated heterocycles. The fourth-order valence-electron chi connectivity index (χ4n) is 3.56. The Bertz CT molecular complexity index is 1770. The zero-order valence-electron chi connectivity index (χ0n) is 20.1. The number of rotatable bonds is 7. The fourth-order valence-corrected chi connectivity index (χ4v) is 5.90. The number of hydrogen-bond donors (Lipinski definition) is 2. The summed E-state index contributed by atoms with van der Waals surface area (Å²) >= 11 is 14.5. The molecule has 2 amide bonds. The number of benzene rings is 3. The van der Waals surface area contributed by atoms with Crippen molar-refractivity contribution in [1.29, 1.82) is 0 Å². The number of fused-ring (bicyclic) bond motifs is 1. The first-order valence-corrected chi connectivity index (χ1v) is 14.2. The number of hydrogen-bond acceptors (Lipinski definition) is 7.